The first-order valence-electron chi connectivity index (χ1n) is 23.1. The van der Waals surface area contributed by atoms with Gasteiger partial charge >= 0.3 is 0 Å². The molecule has 6 heterocycles. The Morgan fingerprint density at radius 3 is 1.14 bits per heavy atom. The van der Waals surface area contributed by atoms with Crippen LogP contribution in [0.25, 0.3) is 16.2 Å². The summed E-state index contributed by atoms with van der Waals surface area (Å²) in [6.07, 6.45) is 5.07. The van der Waals surface area contributed by atoms with Crippen molar-refractivity contribution in [3.63, 3.8) is 0 Å². The summed E-state index contributed by atoms with van der Waals surface area (Å²) < 4.78 is 0. The molecular weight excluding hydrogens is 908 g/mol. The maximum absolute atomic E-state index is 3.11. The zero-order chi connectivity index (χ0) is 45.5. The Kier molecular flexibility index (Phi) is 14.8. The van der Waals surface area contributed by atoms with E-state index in [9.17, 15) is 0 Å². The molecule has 0 saturated carbocycles. The fourth-order valence-corrected chi connectivity index (χ4v) is 21.9. The van der Waals surface area contributed by atoms with E-state index in [1.807, 2.05) is 60.7 Å². The molecule has 5 aromatic rings. The summed E-state index contributed by atoms with van der Waals surface area (Å²) in [6, 6.07) is 53.8. The largest absolute Gasteiger partial charge is 0.0908 e. The monoisotopic (exact) mass is 967 g/mol. The molecule has 4 unspecified atom stereocenters. The molecular formula is C61H60P4V. The molecule has 0 saturated heterocycles. The summed E-state index contributed by atoms with van der Waals surface area (Å²) >= 11 is 0. The summed E-state index contributed by atoms with van der Waals surface area (Å²) in [5, 5.41) is 10.1. The van der Waals surface area contributed by atoms with Crippen LogP contribution in [0.2, 0.25) is 0 Å². The molecule has 329 valence electrons. The maximum atomic E-state index is 3.11. The van der Waals surface area contributed by atoms with E-state index in [0.29, 0.717) is 0 Å². The Bertz CT molecular complexity index is 2910. The molecule has 5 heteroatoms. The van der Waals surface area contributed by atoms with Gasteiger partial charge in [-0.05, 0) is 156 Å². The van der Waals surface area contributed by atoms with Crippen molar-refractivity contribution in [2.45, 2.75) is 62.3 Å². The van der Waals surface area contributed by atoms with Gasteiger partial charge in [0, 0.05) is 63.4 Å². The molecule has 0 aliphatic carbocycles. The van der Waals surface area contributed by atoms with E-state index in [-0.39, 0.29) is 37.3 Å². The molecule has 0 spiro atoms. The maximum Gasteiger partial charge on any atom is 0.0249 e. The summed E-state index contributed by atoms with van der Waals surface area (Å²) in [7, 11) is 2.33. The minimum Gasteiger partial charge on any atom is -0.0908 e. The van der Waals surface area contributed by atoms with Crippen molar-refractivity contribution in [1.82, 2.24) is 0 Å². The van der Waals surface area contributed by atoms with Gasteiger partial charge < -0.3 is 0 Å². The van der Waals surface area contributed by atoms with Crippen LogP contribution in [-0.4, -0.2) is 35.2 Å². The molecule has 0 fully saturated rings. The average Bonchev–Trinajstić information content (AvgIpc) is 4.14. The molecule has 1 radical (unpaired) electrons. The summed E-state index contributed by atoms with van der Waals surface area (Å²) in [6.45, 7) is 21.5. The van der Waals surface area contributed by atoms with Gasteiger partial charge in [0.15, 0.2) is 0 Å². The van der Waals surface area contributed by atoms with Crippen LogP contribution in [0, 0.1) is 22.7 Å². The molecule has 6 aliphatic rings. The Morgan fingerprint density at radius 2 is 0.742 bits per heavy atom. The van der Waals surface area contributed by atoms with E-state index in [1.165, 1.54) is 57.7 Å². The molecule has 0 N–H and O–H groups in total. The van der Waals surface area contributed by atoms with Gasteiger partial charge in [0.2, 0.25) is 0 Å². The van der Waals surface area contributed by atoms with Crippen LogP contribution in [0.4, 0.5) is 0 Å². The Morgan fingerprint density at radius 1 is 0.409 bits per heavy atom. The van der Waals surface area contributed by atoms with Gasteiger partial charge in [-0.25, -0.2) is 0 Å². The van der Waals surface area contributed by atoms with E-state index >= 15 is 0 Å². The van der Waals surface area contributed by atoms with E-state index in [0.717, 1.165) is 11.1 Å². The normalized spacial score (nSPS) is 24.1. The van der Waals surface area contributed by atoms with Crippen LogP contribution < -0.4 is 0 Å². The van der Waals surface area contributed by atoms with Gasteiger partial charge in [0.25, 0.3) is 0 Å². The predicted octanol–water partition coefficient (Wildman–Crippen LogP) is 17.6. The molecule has 5 aromatic carbocycles. The predicted molar refractivity (Wildman–Crippen MR) is 293 cm³/mol. The zero-order valence-corrected chi connectivity index (χ0v) is 45.0. The van der Waals surface area contributed by atoms with Crippen molar-refractivity contribution < 1.29 is 18.6 Å². The number of allylic oxidation sites excluding steroid dienone is 10. The second-order valence-corrected chi connectivity index (χ2v) is 25.0. The second kappa shape index (κ2) is 20.2. The number of hydrogen-bond donors (Lipinski definition) is 0. The van der Waals surface area contributed by atoms with Gasteiger partial charge in [-0.15, -0.1) is 0 Å². The molecule has 4 atom stereocenters. The second-order valence-electron chi connectivity index (χ2n) is 18.7. The van der Waals surface area contributed by atoms with Crippen molar-refractivity contribution in [3.8, 4) is 11.8 Å². The molecule has 0 aromatic heterocycles. The van der Waals surface area contributed by atoms with Crippen LogP contribution >= 0.6 is 32.3 Å². The van der Waals surface area contributed by atoms with Crippen LogP contribution in [0.1, 0.15) is 90.1 Å². The minimum atomic E-state index is -0.402. The molecule has 11 rings (SSSR count). The van der Waals surface area contributed by atoms with Crippen molar-refractivity contribution in [2.75, 3.05) is 24.6 Å². The van der Waals surface area contributed by atoms with Gasteiger partial charge in [-0.2, -0.15) is 0 Å². The van der Waals surface area contributed by atoms with E-state index in [4.69, 9.17) is 0 Å². The standard InChI is InChI=1S/C35H34P2.C14H10.C12H16P2.V/c1-23-30(27-17-11-7-12-18-27)36-21-34(23,4)24(2)31(36)32-25(3)35(5)22-37(32)33(28-19-13-8-14-20-28)29(35)26-15-9-6-10-16-26;1-3-7-13(8-4-1)11-12-14-9-5-2-6-10-14;1-7-5-13-11(9(7)3)12-10(4)8(2)6-14-12;/h6-20H,21-22H2,1-5H3;1-10H;5-6H2,1-4H3;. The summed E-state index contributed by atoms with van der Waals surface area (Å²) in [5.74, 6) is 6.22. The molecule has 0 nitrogen and oxygen atoms in total. The summed E-state index contributed by atoms with van der Waals surface area (Å²) in [5.41, 5.74) is 19.5. The first kappa shape index (κ1) is 48.3. The topological polar surface area (TPSA) is 0 Å². The Labute approximate surface area is 413 Å². The van der Waals surface area contributed by atoms with Crippen LogP contribution in [0.15, 0.2) is 201 Å². The smallest absolute Gasteiger partial charge is 0.0249 e. The molecule has 4 bridgehead atoms. The third-order valence-corrected chi connectivity index (χ3v) is 24.4. The fraction of sp³-hybridized carbons (Fsp3) is 0.246. The van der Waals surface area contributed by atoms with Gasteiger partial charge in [-0.1, -0.05) is 197 Å². The van der Waals surface area contributed by atoms with Crippen molar-refractivity contribution >= 4 is 59.0 Å². The van der Waals surface area contributed by atoms with Crippen molar-refractivity contribution in [1.29, 1.82) is 0 Å². The fourth-order valence-electron chi connectivity index (χ4n) is 10.4. The summed E-state index contributed by atoms with van der Waals surface area (Å²) in [4.78, 5) is 0. The quantitative estimate of drug-likeness (QED) is 0.122. The zero-order valence-electron chi connectivity index (χ0n) is 40.0. The van der Waals surface area contributed by atoms with Crippen LogP contribution in [0.3, 0.4) is 0 Å². The van der Waals surface area contributed by atoms with Crippen LogP contribution in [-0.2, 0) is 18.6 Å². The number of benzene rings is 5. The van der Waals surface area contributed by atoms with E-state index < -0.39 is 7.92 Å². The van der Waals surface area contributed by atoms with Crippen LogP contribution in [0.5, 0.6) is 0 Å². The average molecular weight is 968 g/mol. The molecule has 6 aliphatic heterocycles. The third-order valence-electron chi connectivity index (χ3n) is 14.8. The number of fused-ring (bicyclic) bond motifs is 4. The Balaban J connectivity index is 0.000000167. The van der Waals surface area contributed by atoms with E-state index in [1.54, 1.807) is 76.4 Å². The number of rotatable bonds is 5. The first-order valence-corrected chi connectivity index (χ1v) is 28.3. The van der Waals surface area contributed by atoms with Crippen molar-refractivity contribution in [3.05, 3.63) is 229 Å². The third kappa shape index (κ3) is 8.88. The van der Waals surface area contributed by atoms with Crippen molar-refractivity contribution in [2.24, 2.45) is 10.8 Å². The molecule has 66 heavy (non-hydrogen) atoms. The van der Waals surface area contributed by atoms with E-state index in [2.05, 4.69) is 165 Å². The SMILES string of the molecule is C(#Cc1ccccc1)c1ccccc1.CC1=C(C)C(C2=PCC(C)=C2C)=PC1.CC1=C(C2=C(C)C3(C)CP2C(c2ccccc2)=C3c2ccccc2)P2CC1(C)C(C)=C2c1ccccc1.[V]. The van der Waals surface area contributed by atoms with Gasteiger partial charge in [0.1, 0.15) is 0 Å². The Hall–Kier alpha value is -4.12. The van der Waals surface area contributed by atoms with Gasteiger partial charge in [0.05, 0.1) is 0 Å². The van der Waals surface area contributed by atoms with Gasteiger partial charge in [-0.3, -0.25) is 0 Å². The molecule has 0 amide bonds. The number of hydrogen-bond acceptors (Lipinski definition) is 0. The minimum absolute atomic E-state index is 0. The first-order chi connectivity index (χ1) is 31.4.